The second-order valence-corrected chi connectivity index (χ2v) is 7.58. The minimum Gasteiger partial charge on any atom is -0.496 e. The molecule has 0 aliphatic rings. The Kier molecular flexibility index (Phi) is 3.98. The van der Waals surface area contributed by atoms with Crippen molar-refractivity contribution < 1.29 is 4.74 Å². The maximum Gasteiger partial charge on any atom is 0.137 e. The van der Waals surface area contributed by atoms with Crippen LogP contribution in [0, 0.1) is 6.92 Å². The number of methoxy groups -OCH3 is 1. The SMILES string of the molecule is COc1cc2c(-c3cn4ccccc4n3)c(C)n(-c3ccccc3)c2cc1Br. The summed E-state index contributed by atoms with van der Waals surface area (Å²) >= 11 is 3.64. The minimum absolute atomic E-state index is 0.808. The molecule has 0 saturated heterocycles. The molecule has 0 atom stereocenters. The molecule has 0 aliphatic carbocycles. The Bertz CT molecular complexity index is 1290. The van der Waals surface area contributed by atoms with Gasteiger partial charge in [0.1, 0.15) is 11.4 Å². The number of pyridine rings is 1. The minimum atomic E-state index is 0.808. The van der Waals surface area contributed by atoms with E-state index in [0.717, 1.165) is 49.4 Å². The van der Waals surface area contributed by atoms with Crippen molar-refractivity contribution in [2.45, 2.75) is 6.92 Å². The Morgan fingerprint density at radius 3 is 2.54 bits per heavy atom. The van der Waals surface area contributed by atoms with E-state index in [0.29, 0.717) is 0 Å². The third-order valence-electron chi connectivity index (χ3n) is 5.11. The molecule has 28 heavy (non-hydrogen) atoms. The molecule has 4 nitrogen and oxygen atoms in total. The number of nitrogens with zero attached hydrogens (tertiary/aromatic N) is 3. The highest BCUT2D eigenvalue weighted by molar-refractivity contribution is 9.10. The predicted octanol–water partition coefficient (Wildman–Crippen LogP) is 6.02. The van der Waals surface area contributed by atoms with Crippen molar-refractivity contribution >= 4 is 32.5 Å². The van der Waals surface area contributed by atoms with E-state index in [4.69, 9.17) is 9.72 Å². The van der Waals surface area contributed by atoms with Crippen LogP contribution in [0.15, 0.2) is 77.5 Å². The zero-order chi connectivity index (χ0) is 19.3. The van der Waals surface area contributed by atoms with Crippen molar-refractivity contribution in [3.8, 4) is 22.7 Å². The molecule has 0 aliphatic heterocycles. The summed E-state index contributed by atoms with van der Waals surface area (Å²) in [6.07, 6.45) is 4.11. The van der Waals surface area contributed by atoms with Crippen molar-refractivity contribution in [2.75, 3.05) is 7.11 Å². The van der Waals surface area contributed by atoms with Crippen molar-refractivity contribution in [1.29, 1.82) is 0 Å². The average Bonchev–Trinajstić information content (AvgIpc) is 3.25. The fraction of sp³-hybridized carbons (Fsp3) is 0.0870. The number of halogens is 1. The van der Waals surface area contributed by atoms with Gasteiger partial charge < -0.3 is 13.7 Å². The molecule has 0 fully saturated rings. The monoisotopic (exact) mass is 431 g/mol. The summed E-state index contributed by atoms with van der Waals surface area (Å²) < 4.78 is 10.8. The third kappa shape index (κ3) is 2.54. The molecule has 0 N–H and O–H groups in total. The van der Waals surface area contributed by atoms with Crippen LogP contribution in [0.5, 0.6) is 5.75 Å². The molecular weight excluding hydrogens is 414 g/mol. The van der Waals surface area contributed by atoms with Crippen LogP contribution in [-0.4, -0.2) is 21.1 Å². The lowest BCUT2D eigenvalue weighted by Crippen LogP contribution is -1.96. The number of fused-ring (bicyclic) bond motifs is 2. The summed E-state index contributed by atoms with van der Waals surface area (Å²) in [6.45, 7) is 2.15. The first-order valence-electron chi connectivity index (χ1n) is 9.05. The lowest BCUT2D eigenvalue weighted by atomic mass is 10.1. The van der Waals surface area contributed by atoms with Crippen molar-refractivity contribution in [1.82, 2.24) is 14.0 Å². The molecule has 3 heterocycles. The Morgan fingerprint density at radius 2 is 1.79 bits per heavy atom. The molecule has 2 aromatic carbocycles. The summed E-state index contributed by atoms with van der Waals surface area (Å²) in [5.74, 6) is 0.808. The Balaban J connectivity index is 1.89. The number of hydrogen-bond acceptors (Lipinski definition) is 2. The maximum atomic E-state index is 5.58. The lowest BCUT2D eigenvalue weighted by Gasteiger charge is -2.09. The molecular formula is C23H18BrN3O. The average molecular weight is 432 g/mol. The number of rotatable bonds is 3. The second kappa shape index (κ2) is 6.53. The van der Waals surface area contributed by atoms with Gasteiger partial charge in [0.15, 0.2) is 0 Å². The third-order valence-corrected chi connectivity index (χ3v) is 5.73. The number of aromatic nitrogens is 3. The zero-order valence-corrected chi connectivity index (χ0v) is 17.1. The first-order valence-corrected chi connectivity index (χ1v) is 9.85. The van der Waals surface area contributed by atoms with Crippen LogP contribution < -0.4 is 4.74 Å². The van der Waals surface area contributed by atoms with Gasteiger partial charge in [-0.1, -0.05) is 24.3 Å². The van der Waals surface area contributed by atoms with Crippen LogP contribution in [0.25, 0.3) is 33.5 Å². The zero-order valence-electron chi connectivity index (χ0n) is 15.6. The van der Waals surface area contributed by atoms with Gasteiger partial charge in [-0.15, -0.1) is 0 Å². The van der Waals surface area contributed by atoms with Crippen LogP contribution in [0.3, 0.4) is 0 Å². The summed E-state index contributed by atoms with van der Waals surface area (Å²) in [5.41, 5.74) is 6.38. The van der Waals surface area contributed by atoms with Gasteiger partial charge in [-0.2, -0.15) is 0 Å². The highest BCUT2D eigenvalue weighted by Crippen LogP contribution is 2.40. The number of para-hydroxylation sites is 1. The number of imidazole rings is 1. The molecule has 0 spiro atoms. The molecule has 5 rings (SSSR count). The molecule has 0 radical (unpaired) electrons. The molecule has 0 saturated carbocycles. The number of hydrogen-bond donors (Lipinski definition) is 0. The molecule has 0 unspecified atom stereocenters. The van der Waals surface area contributed by atoms with Crippen molar-refractivity contribution in [2.24, 2.45) is 0 Å². The van der Waals surface area contributed by atoms with E-state index in [1.807, 2.05) is 30.5 Å². The van der Waals surface area contributed by atoms with E-state index in [2.05, 4.69) is 74.4 Å². The number of ether oxygens (including phenoxy) is 1. The normalized spacial score (nSPS) is 11.4. The largest absolute Gasteiger partial charge is 0.496 e. The summed E-state index contributed by atoms with van der Waals surface area (Å²) in [6, 6.07) is 20.6. The highest BCUT2D eigenvalue weighted by atomic mass is 79.9. The number of benzene rings is 2. The van der Waals surface area contributed by atoms with E-state index in [9.17, 15) is 0 Å². The van der Waals surface area contributed by atoms with Crippen LogP contribution in [-0.2, 0) is 0 Å². The first-order chi connectivity index (χ1) is 13.7. The van der Waals surface area contributed by atoms with E-state index < -0.39 is 0 Å². The first kappa shape index (κ1) is 17.1. The van der Waals surface area contributed by atoms with E-state index in [-0.39, 0.29) is 0 Å². The van der Waals surface area contributed by atoms with Gasteiger partial charge in [0.2, 0.25) is 0 Å². The van der Waals surface area contributed by atoms with Gasteiger partial charge in [-0.3, -0.25) is 0 Å². The summed E-state index contributed by atoms with van der Waals surface area (Å²) in [5, 5.41) is 1.12. The van der Waals surface area contributed by atoms with Crippen molar-refractivity contribution in [3.63, 3.8) is 0 Å². The molecule has 0 bridgehead atoms. The molecule has 3 aromatic heterocycles. The lowest BCUT2D eigenvalue weighted by molar-refractivity contribution is 0.413. The van der Waals surface area contributed by atoms with E-state index in [1.54, 1.807) is 7.11 Å². The molecule has 5 aromatic rings. The fourth-order valence-electron chi connectivity index (χ4n) is 3.86. The van der Waals surface area contributed by atoms with Gasteiger partial charge >= 0.3 is 0 Å². The van der Waals surface area contributed by atoms with Gasteiger partial charge in [-0.25, -0.2) is 4.98 Å². The quantitative estimate of drug-likeness (QED) is 0.349. The highest BCUT2D eigenvalue weighted by Gasteiger charge is 2.20. The van der Waals surface area contributed by atoms with Crippen LogP contribution in [0.2, 0.25) is 0 Å². The van der Waals surface area contributed by atoms with E-state index >= 15 is 0 Å². The standard InChI is InChI=1S/C23H18BrN3O/c1-15-23(19-14-26-11-7-6-10-22(26)25-19)17-12-21(28-2)18(24)13-20(17)27(15)16-8-4-3-5-9-16/h3-14H,1-2H3. The van der Waals surface area contributed by atoms with Gasteiger partial charge in [-0.05, 0) is 59.3 Å². The van der Waals surface area contributed by atoms with Gasteiger partial charge in [0, 0.05) is 34.7 Å². The fourth-order valence-corrected chi connectivity index (χ4v) is 4.35. The Morgan fingerprint density at radius 1 is 1.00 bits per heavy atom. The Labute approximate surface area is 171 Å². The van der Waals surface area contributed by atoms with Crippen LogP contribution in [0.1, 0.15) is 5.69 Å². The summed E-state index contributed by atoms with van der Waals surface area (Å²) in [4.78, 5) is 4.88. The second-order valence-electron chi connectivity index (χ2n) is 6.73. The van der Waals surface area contributed by atoms with Gasteiger partial charge in [0.25, 0.3) is 0 Å². The maximum absolute atomic E-state index is 5.58. The van der Waals surface area contributed by atoms with E-state index in [1.165, 1.54) is 0 Å². The smallest absolute Gasteiger partial charge is 0.137 e. The molecule has 5 heteroatoms. The Hall–Kier alpha value is -3.05. The van der Waals surface area contributed by atoms with Crippen molar-refractivity contribution in [3.05, 3.63) is 83.2 Å². The van der Waals surface area contributed by atoms with Gasteiger partial charge in [0.05, 0.1) is 22.8 Å². The molecule has 138 valence electrons. The summed E-state index contributed by atoms with van der Waals surface area (Å²) in [7, 11) is 1.69. The van der Waals surface area contributed by atoms with Crippen LogP contribution >= 0.6 is 15.9 Å². The molecule has 0 amide bonds. The topological polar surface area (TPSA) is 31.5 Å². The predicted molar refractivity (Wildman–Crippen MR) is 116 cm³/mol. The van der Waals surface area contributed by atoms with Crippen LogP contribution in [0.4, 0.5) is 0 Å².